The highest BCUT2D eigenvalue weighted by Gasteiger charge is 2.53. The van der Waals surface area contributed by atoms with Crippen LogP contribution in [0, 0.1) is 0 Å². The highest BCUT2D eigenvalue weighted by molar-refractivity contribution is 5.22. The predicted molar refractivity (Wildman–Crippen MR) is 64.0 cm³/mol. The highest BCUT2D eigenvalue weighted by Crippen LogP contribution is 2.28. The van der Waals surface area contributed by atoms with Crippen molar-refractivity contribution in [2.45, 2.75) is 30.3 Å². The fraction of sp³-hybridized carbons (Fsp3) is 0.500. The van der Waals surface area contributed by atoms with Crippen molar-refractivity contribution in [3.8, 4) is 5.75 Å². The third-order valence-corrected chi connectivity index (χ3v) is 3.00. The van der Waals surface area contributed by atoms with Gasteiger partial charge in [-0.25, -0.2) is 0 Å². The third kappa shape index (κ3) is 2.71. The van der Waals surface area contributed by atoms with Crippen LogP contribution in [0.5, 0.6) is 5.75 Å². The smallest absolute Gasteiger partial charge is 0.298 e. The standard InChI is InChI=1S/C12H17NO6/c13-12(18-7-4-2-1-3-5-7)11(17)10(16)9(15)8(6-14)19-12/h1-5,8-11,14-17H,6,13H2/t8-,9-,10+,11-,12-/m1/s1. The second-order valence-electron chi connectivity index (χ2n) is 4.40. The molecule has 6 N–H and O–H groups in total. The van der Waals surface area contributed by atoms with E-state index in [1.54, 1.807) is 30.3 Å². The van der Waals surface area contributed by atoms with Crippen molar-refractivity contribution in [1.82, 2.24) is 0 Å². The lowest BCUT2D eigenvalue weighted by Gasteiger charge is -2.45. The van der Waals surface area contributed by atoms with E-state index >= 15 is 0 Å². The van der Waals surface area contributed by atoms with Gasteiger partial charge in [0.05, 0.1) is 6.61 Å². The fourth-order valence-corrected chi connectivity index (χ4v) is 1.92. The minimum atomic E-state index is -2.05. The first-order chi connectivity index (χ1) is 8.98. The molecular weight excluding hydrogens is 254 g/mol. The molecular formula is C12H17NO6. The molecule has 0 saturated carbocycles. The lowest BCUT2D eigenvalue weighted by atomic mass is 9.97. The quantitative estimate of drug-likeness (QED) is 0.409. The van der Waals surface area contributed by atoms with Crippen molar-refractivity contribution < 1.29 is 29.9 Å². The zero-order chi connectivity index (χ0) is 14.0. The average Bonchev–Trinajstić information content (AvgIpc) is 2.42. The molecule has 0 bridgehead atoms. The van der Waals surface area contributed by atoms with E-state index in [2.05, 4.69) is 0 Å². The minimum Gasteiger partial charge on any atom is -0.447 e. The Balaban J connectivity index is 2.21. The Hall–Kier alpha value is -1.22. The predicted octanol–water partition coefficient (Wildman–Crippen LogP) is -1.85. The van der Waals surface area contributed by atoms with E-state index in [1.165, 1.54) is 0 Å². The van der Waals surface area contributed by atoms with Crippen molar-refractivity contribution in [1.29, 1.82) is 0 Å². The number of para-hydroxylation sites is 1. The van der Waals surface area contributed by atoms with Crippen molar-refractivity contribution in [2.75, 3.05) is 6.61 Å². The van der Waals surface area contributed by atoms with Gasteiger partial charge in [0.15, 0.2) is 6.10 Å². The molecule has 0 unspecified atom stereocenters. The van der Waals surface area contributed by atoms with Gasteiger partial charge < -0.3 is 29.9 Å². The van der Waals surface area contributed by atoms with E-state index in [9.17, 15) is 15.3 Å². The first-order valence-corrected chi connectivity index (χ1v) is 5.84. The van der Waals surface area contributed by atoms with Crippen LogP contribution in [0.15, 0.2) is 30.3 Å². The summed E-state index contributed by atoms with van der Waals surface area (Å²) in [6, 6.07) is 8.35. The molecule has 1 fully saturated rings. The molecule has 0 spiro atoms. The van der Waals surface area contributed by atoms with E-state index in [4.69, 9.17) is 20.3 Å². The molecule has 19 heavy (non-hydrogen) atoms. The summed E-state index contributed by atoms with van der Waals surface area (Å²) in [5, 5.41) is 38.3. The maximum Gasteiger partial charge on any atom is 0.298 e. The number of nitrogens with two attached hydrogens (primary N) is 1. The van der Waals surface area contributed by atoms with E-state index in [-0.39, 0.29) is 0 Å². The zero-order valence-electron chi connectivity index (χ0n) is 10.1. The van der Waals surface area contributed by atoms with Crippen LogP contribution in [-0.4, -0.2) is 57.4 Å². The van der Waals surface area contributed by atoms with Crippen LogP contribution in [0.25, 0.3) is 0 Å². The monoisotopic (exact) mass is 271 g/mol. The summed E-state index contributed by atoms with van der Waals surface area (Å²) < 4.78 is 10.5. The molecule has 0 amide bonds. The number of aliphatic hydroxyl groups is 4. The Bertz CT molecular complexity index is 414. The van der Waals surface area contributed by atoms with Crippen LogP contribution in [0.1, 0.15) is 0 Å². The largest absolute Gasteiger partial charge is 0.447 e. The van der Waals surface area contributed by atoms with Gasteiger partial charge in [-0.1, -0.05) is 18.2 Å². The van der Waals surface area contributed by atoms with Crippen molar-refractivity contribution in [2.24, 2.45) is 5.73 Å². The molecule has 1 aliphatic rings. The summed E-state index contributed by atoms with van der Waals surface area (Å²) in [6.07, 6.45) is -5.84. The van der Waals surface area contributed by atoms with Crippen LogP contribution < -0.4 is 10.5 Å². The van der Waals surface area contributed by atoms with Gasteiger partial charge in [-0.05, 0) is 12.1 Å². The molecule has 7 heteroatoms. The summed E-state index contributed by atoms with van der Waals surface area (Å²) in [5.74, 6) is -1.72. The van der Waals surface area contributed by atoms with Crippen molar-refractivity contribution in [3.63, 3.8) is 0 Å². The van der Waals surface area contributed by atoms with E-state index < -0.39 is 36.9 Å². The van der Waals surface area contributed by atoms with Crippen LogP contribution in [-0.2, 0) is 4.74 Å². The first kappa shape index (κ1) is 14.2. The molecule has 1 heterocycles. The Morgan fingerprint density at radius 2 is 1.79 bits per heavy atom. The molecule has 1 aromatic rings. The van der Waals surface area contributed by atoms with Gasteiger partial charge in [0.2, 0.25) is 0 Å². The SMILES string of the molecule is N[C@]1(Oc2ccccc2)O[C@H](CO)[C@@H](O)[C@H](O)[C@H]1O. The molecule has 1 aromatic carbocycles. The van der Waals surface area contributed by atoms with E-state index in [0.717, 1.165) is 0 Å². The third-order valence-electron chi connectivity index (χ3n) is 3.00. The Morgan fingerprint density at radius 1 is 1.16 bits per heavy atom. The van der Waals surface area contributed by atoms with Gasteiger partial charge in [-0.15, -0.1) is 0 Å². The summed E-state index contributed by atoms with van der Waals surface area (Å²) in [4.78, 5) is 0. The van der Waals surface area contributed by atoms with Crippen molar-refractivity contribution >= 4 is 0 Å². The maximum absolute atomic E-state index is 9.88. The molecule has 0 aliphatic carbocycles. The molecule has 5 atom stereocenters. The van der Waals surface area contributed by atoms with E-state index in [0.29, 0.717) is 5.75 Å². The highest BCUT2D eigenvalue weighted by atomic mass is 16.7. The molecule has 0 aromatic heterocycles. The van der Waals surface area contributed by atoms with Crippen LogP contribution in [0.3, 0.4) is 0 Å². The Morgan fingerprint density at radius 3 is 2.37 bits per heavy atom. The van der Waals surface area contributed by atoms with E-state index in [1.807, 2.05) is 0 Å². The fourth-order valence-electron chi connectivity index (χ4n) is 1.92. The number of hydrogen-bond donors (Lipinski definition) is 5. The number of hydrogen-bond acceptors (Lipinski definition) is 7. The van der Waals surface area contributed by atoms with Gasteiger partial charge in [0.25, 0.3) is 5.91 Å². The lowest BCUT2D eigenvalue weighted by Crippen LogP contribution is -2.71. The summed E-state index contributed by atoms with van der Waals surface area (Å²) >= 11 is 0. The van der Waals surface area contributed by atoms with Gasteiger partial charge in [0.1, 0.15) is 24.1 Å². The normalized spacial score (nSPS) is 39.0. The molecule has 1 aliphatic heterocycles. The molecule has 1 saturated heterocycles. The van der Waals surface area contributed by atoms with Gasteiger partial charge in [-0.3, -0.25) is 5.73 Å². The van der Waals surface area contributed by atoms with Crippen LogP contribution >= 0.6 is 0 Å². The number of aliphatic hydroxyl groups excluding tert-OH is 4. The zero-order valence-corrected chi connectivity index (χ0v) is 10.1. The molecule has 0 radical (unpaired) electrons. The minimum absolute atomic E-state index is 0.323. The number of rotatable bonds is 3. The first-order valence-electron chi connectivity index (χ1n) is 5.84. The second-order valence-corrected chi connectivity index (χ2v) is 4.40. The lowest BCUT2D eigenvalue weighted by molar-refractivity contribution is -0.335. The van der Waals surface area contributed by atoms with Gasteiger partial charge in [-0.2, -0.15) is 0 Å². The van der Waals surface area contributed by atoms with Gasteiger partial charge in [0, 0.05) is 0 Å². The molecule has 7 nitrogen and oxygen atoms in total. The number of benzene rings is 1. The summed E-state index contributed by atoms with van der Waals surface area (Å²) in [5.41, 5.74) is 5.78. The number of ether oxygens (including phenoxy) is 2. The second kappa shape index (κ2) is 5.41. The molecule has 106 valence electrons. The van der Waals surface area contributed by atoms with Crippen LogP contribution in [0.2, 0.25) is 0 Å². The van der Waals surface area contributed by atoms with Crippen molar-refractivity contribution in [3.05, 3.63) is 30.3 Å². The topological polar surface area (TPSA) is 125 Å². The summed E-state index contributed by atoms with van der Waals surface area (Å²) in [6.45, 7) is -0.567. The Kier molecular flexibility index (Phi) is 4.04. The Labute approximate surface area is 109 Å². The van der Waals surface area contributed by atoms with Gasteiger partial charge >= 0.3 is 0 Å². The average molecular weight is 271 g/mol. The van der Waals surface area contributed by atoms with Crippen LogP contribution in [0.4, 0.5) is 0 Å². The maximum atomic E-state index is 9.88. The molecule has 2 rings (SSSR count). The summed E-state index contributed by atoms with van der Waals surface area (Å²) in [7, 11) is 0.